The van der Waals surface area contributed by atoms with E-state index in [0.29, 0.717) is 17.5 Å². The van der Waals surface area contributed by atoms with Gasteiger partial charge >= 0.3 is 0 Å². The molecule has 63 heavy (non-hydrogen) atoms. The summed E-state index contributed by atoms with van der Waals surface area (Å²) in [6, 6.07) is 71.7. The molecule has 0 radical (unpaired) electrons. The van der Waals surface area contributed by atoms with E-state index in [1.807, 2.05) is 84.9 Å². The molecule has 0 saturated heterocycles. The Labute approximate surface area is 361 Å². The van der Waals surface area contributed by atoms with E-state index in [4.69, 9.17) is 23.8 Å². The smallest absolute Gasteiger partial charge is 0.164 e. The number of benzene rings is 9. The number of hydrogen-bond acceptors (Lipinski definition) is 5. The average Bonchev–Trinajstić information content (AvgIpc) is 4.03. The predicted octanol–water partition coefficient (Wildman–Crippen LogP) is 15.1. The fraction of sp³-hybridized carbons (Fsp3) is 0. The summed E-state index contributed by atoms with van der Waals surface area (Å²) in [5.74, 6) is 1.82. The molecule has 0 N–H and O–H groups in total. The molecule has 6 heteroatoms. The van der Waals surface area contributed by atoms with Crippen LogP contribution in [0.4, 0.5) is 0 Å². The molecular formula is C57H34N4O2. The third-order valence-corrected chi connectivity index (χ3v) is 12.3. The molecule has 0 unspecified atom stereocenters. The van der Waals surface area contributed by atoms with Gasteiger partial charge in [-0.2, -0.15) is 0 Å². The number of para-hydroxylation sites is 2. The van der Waals surface area contributed by atoms with E-state index >= 15 is 0 Å². The lowest BCUT2D eigenvalue weighted by molar-refractivity contribution is 0.668. The van der Waals surface area contributed by atoms with Gasteiger partial charge in [-0.05, 0) is 95.1 Å². The molecule has 4 aromatic heterocycles. The molecule has 0 bridgehead atoms. The second-order valence-corrected chi connectivity index (χ2v) is 16.0. The SMILES string of the molecule is c1ccc(-c2nc(-c3ccccc3)nc(-c3cccc4oc5ccc(-c6ccc7c(c6)c6cc(-c8ccc9c(c8)oc8ccccc89)ccc6n7-c6ccccc6)cc5c34)n2)cc1. The maximum atomic E-state index is 6.53. The quantitative estimate of drug-likeness (QED) is 0.167. The second-order valence-electron chi connectivity index (χ2n) is 16.0. The molecule has 9 aromatic carbocycles. The number of aromatic nitrogens is 4. The van der Waals surface area contributed by atoms with Crippen LogP contribution in [0, 0.1) is 0 Å². The maximum absolute atomic E-state index is 6.53. The van der Waals surface area contributed by atoms with Gasteiger partial charge < -0.3 is 13.4 Å². The van der Waals surface area contributed by atoms with E-state index in [1.165, 1.54) is 10.8 Å². The van der Waals surface area contributed by atoms with Gasteiger partial charge in [-0.25, -0.2) is 15.0 Å². The van der Waals surface area contributed by atoms with Crippen molar-refractivity contribution in [3.05, 3.63) is 206 Å². The molecule has 0 aliphatic rings. The van der Waals surface area contributed by atoms with Gasteiger partial charge in [-0.15, -0.1) is 0 Å². The third kappa shape index (κ3) is 5.76. The molecule has 0 aliphatic carbocycles. The minimum absolute atomic E-state index is 0.590. The lowest BCUT2D eigenvalue weighted by Gasteiger charge is -2.09. The molecule has 0 atom stereocenters. The van der Waals surface area contributed by atoms with Crippen LogP contribution < -0.4 is 0 Å². The van der Waals surface area contributed by atoms with Gasteiger partial charge in [0.25, 0.3) is 0 Å². The Bertz CT molecular complexity index is 3850. The van der Waals surface area contributed by atoms with Gasteiger partial charge in [0, 0.05) is 54.7 Å². The van der Waals surface area contributed by atoms with Crippen LogP contribution in [0.3, 0.4) is 0 Å². The number of nitrogens with zero attached hydrogens (tertiary/aromatic N) is 4. The first kappa shape index (κ1) is 35.2. The first-order valence-electron chi connectivity index (χ1n) is 21.1. The highest BCUT2D eigenvalue weighted by molar-refractivity contribution is 6.15. The summed E-state index contributed by atoms with van der Waals surface area (Å²) in [6.45, 7) is 0. The van der Waals surface area contributed by atoms with Crippen LogP contribution in [-0.2, 0) is 0 Å². The van der Waals surface area contributed by atoms with Gasteiger partial charge in [0.05, 0.1) is 11.0 Å². The number of hydrogen-bond donors (Lipinski definition) is 0. The number of fused-ring (bicyclic) bond motifs is 9. The molecule has 294 valence electrons. The molecule has 6 nitrogen and oxygen atoms in total. The zero-order valence-corrected chi connectivity index (χ0v) is 33.7. The van der Waals surface area contributed by atoms with E-state index in [9.17, 15) is 0 Å². The van der Waals surface area contributed by atoms with Crippen molar-refractivity contribution >= 4 is 65.7 Å². The number of rotatable bonds is 6. The van der Waals surface area contributed by atoms with Crippen molar-refractivity contribution in [2.75, 3.05) is 0 Å². The number of furan rings is 2. The Morgan fingerprint density at radius 1 is 0.302 bits per heavy atom. The summed E-state index contributed by atoms with van der Waals surface area (Å²) < 4.78 is 15.2. The largest absolute Gasteiger partial charge is 0.456 e. The van der Waals surface area contributed by atoms with Gasteiger partial charge in [-0.3, -0.25) is 0 Å². The van der Waals surface area contributed by atoms with Crippen LogP contribution in [0.5, 0.6) is 0 Å². The Hall–Kier alpha value is -8.61. The van der Waals surface area contributed by atoms with E-state index in [1.54, 1.807) is 0 Å². The highest BCUT2D eigenvalue weighted by Crippen LogP contribution is 2.41. The standard InChI is InChI=1S/C57H34N4O2/c1-4-13-35(14-5-1)55-58-56(36-15-6-2-7-16-36)60-57(59-55)44-20-12-22-52-54(44)47-33-39(26-30-51(47)62-52)37-24-28-48-45(31-37)46-32-38(25-29-49(46)61(48)41-17-8-3-9-18-41)40-23-27-43-42-19-10-11-21-50(42)63-53(43)34-40/h1-34H. The van der Waals surface area contributed by atoms with Crippen molar-refractivity contribution < 1.29 is 8.83 Å². The fourth-order valence-corrected chi connectivity index (χ4v) is 9.26. The molecule has 13 rings (SSSR count). The average molecular weight is 807 g/mol. The van der Waals surface area contributed by atoms with Crippen LogP contribution in [0.25, 0.3) is 128 Å². The third-order valence-electron chi connectivity index (χ3n) is 12.3. The zero-order chi connectivity index (χ0) is 41.4. The molecule has 4 heterocycles. The summed E-state index contributed by atoms with van der Waals surface area (Å²) in [4.78, 5) is 15.1. The topological polar surface area (TPSA) is 69.9 Å². The van der Waals surface area contributed by atoms with Crippen molar-refractivity contribution in [3.63, 3.8) is 0 Å². The lowest BCUT2D eigenvalue weighted by Crippen LogP contribution is -2.00. The van der Waals surface area contributed by atoms with Crippen molar-refractivity contribution in [1.82, 2.24) is 19.5 Å². The van der Waals surface area contributed by atoms with E-state index < -0.39 is 0 Å². The summed E-state index contributed by atoms with van der Waals surface area (Å²) >= 11 is 0. The van der Waals surface area contributed by atoms with E-state index in [2.05, 4.69) is 126 Å². The summed E-state index contributed by atoms with van der Waals surface area (Å²) in [6.07, 6.45) is 0. The van der Waals surface area contributed by atoms with Crippen LogP contribution >= 0.6 is 0 Å². The van der Waals surface area contributed by atoms with Crippen molar-refractivity contribution in [1.29, 1.82) is 0 Å². The summed E-state index contributed by atoms with van der Waals surface area (Å²) in [5.41, 5.74) is 13.9. The molecule has 0 aliphatic heterocycles. The molecule has 13 aromatic rings. The monoisotopic (exact) mass is 806 g/mol. The van der Waals surface area contributed by atoms with Gasteiger partial charge in [0.2, 0.25) is 0 Å². The van der Waals surface area contributed by atoms with Crippen LogP contribution in [0.15, 0.2) is 215 Å². The Morgan fingerprint density at radius 2 is 0.794 bits per heavy atom. The highest BCUT2D eigenvalue weighted by atomic mass is 16.3. The highest BCUT2D eigenvalue weighted by Gasteiger charge is 2.20. The van der Waals surface area contributed by atoms with E-state index in [0.717, 1.165) is 99.5 Å². The molecular weight excluding hydrogens is 773 g/mol. The lowest BCUT2D eigenvalue weighted by atomic mass is 9.98. The summed E-state index contributed by atoms with van der Waals surface area (Å²) in [7, 11) is 0. The Morgan fingerprint density at radius 3 is 1.48 bits per heavy atom. The summed E-state index contributed by atoms with van der Waals surface area (Å²) in [5, 5.41) is 6.56. The van der Waals surface area contributed by atoms with Crippen molar-refractivity contribution in [2.45, 2.75) is 0 Å². The Balaban J connectivity index is 0.979. The minimum atomic E-state index is 0.590. The van der Waals surface area contributed by atoms with Gasteiger partial charge in [0.1, 0.15) is 22.3 Å². The van der Waals surface area contributed by atoms with Crippen molar-refractivity contribution in [3.8, 4) is 62.1 Å². The molecule has 0 amide bonds. The molecule has 0 fully saturated rings. The van der Waals surface area contributed by atoms with Crippen LogP contribution in [-0.4, -0.2) is 19.5 Å². The van der Waals surface area contributed by atoms with Crippen molar-refractivity contribution in [2.24, 2.45) is 0 Å². The minimum Gasteiger partial charge on any atom is -0.456 e. The first-order chi connectivity index (χ1) is 31.2. The predicted molar refractivity (Wildman–Crippen MR) is 256 cm³/mol. The first-order valence-corrected chi connectivity index (χ1v) is 21.1. The van der Waals surface area contributed by atoms with Gasteiger partial charge in [-0.1, -0.05) is 133 Å². The maximum Gasteiger partial charge on any atom is 0.164 e. The van der Waals surface area contributed by atoms with E-state index in [-0.39, 0.29) is 0 Å². The Kier molecular flexibility index (Phi) is 7.80. The fourth-order valence-electron chi connectivity index (χ4n) is 9.26. The molecule has 0 spiro atoms. The second kappa shape index (κ2) is 14.0. The van der Waals surface area contributed by atoms with Gasteiger partial charge in [0.15, 0.2) is 17.5 Å². The molecule has 0 saturated carbocycles. The zero-order valence-electron chi connectivity index (χ0n) is 33.7. The van der Waals surface area contributed by atoms with Crippen LogP contribution in [0.1, 0.15) is 0 Å². The van der Waals surface area contributed by atoms with Crippen LogP contribution in [0.2, 0.25) is 0 Å². The normalized spacial score (nSPS) is 11.8.